The molecule has 3 aromatic carbocycles. The Balaban J connectivity index is 1.24. The van der Waals surface area contributed by atoms with E-state index in [1.807, 2.05) is 36.4 Å². The van der Waals surface area contributed by atoms with Crippen LogP contribution in [0.15, 0.2) is 75.9 Å². The second-order valence-corrected chi connectivity index (χ2v) is 9.23. The van der Waals surface area contributed by atoms with Crippen molar-refractivity contribution in [1.29, 1.82) is 0 Å². The van der Waals surface area contributed by atoms with E-state index in [1.165, 1.54) is 6.07 Å². The number of aromatic nitrogens is 1. The highest BCUT2D eigenvalue weighted by atomic mass is 32.3. The Bertz CT molecular complexity index is 1500. The van der Waals surface area contributed by atoms with E-state index in [0.717, 1.165) is 55.1 Å². The Morgan fingerprint density at radius 3 is 2.43 bits per heavy atom. The molecule has 35 heavy (non-hydrogen) atoms. The van der Waals surface area contributed by atoms with Crippen LogP contribution in [0.5, 0.6) is 5.75 Å². The van der Waals surface area contributed by atoms with Crippen LogP contribution in [-0.2, 0) is 21.3 Å². The summed E-state index contributed by atoms with van der Waals surface area (Å²) in [4.78, 5) is 23.6. The minimum Gasteiger partial charge on any atom is -0.406 e. The molecule has 1 aliphatic heterocycles. The van der Waals surface area contributed by atoms with Crippen molar-refractivity contribution >= 4 is 27.2 Å². The van der Waals surface area contributed by atoms with Crippen molar-refractivity contribution in [3.63, 3.8) is 0 Å². The normalized spacial score (nSPS) is 14.9. The van der Waals surface area contributed by atoms with Gasteiger partial charge in [0.2, 0.25) is 0 Å². The average Bonchev–Trinajstić information content (AvgIpc) is 3.24. The molecule has 0 unspecified atom stereocenters. The van der Waals surface area contributed by atoms with E-state index in [0.29, 0.717) is 11.1 Å². The van der Waals surface area contributed by atoms with Crippen LogP contribution in [-0.4, -0.2) is 49.0 Å². The summed E-state index contributed by atoms with van der Waals surface area (Å²) in [5, 5.41) is 0. The van der Waals surface area contributed by atoms with Crippen molar-refractivity contribution in [2.75, 3.05) is 31.1 Å². The summed E-state index contributed by atoms with van der Waals surface area (Å²) in [5.74, 6) is -0.302. The number of benzene rings is 3. The fraction of sp³-hybridized carbons (Fsp3) is 0.208. The van der Waals surface area contributed by atoms with E-state index < -0.39 is 16.2 Å². The van der Waals surface area contributed by atoms with Crippen molar-refractivity contribution in [3.8, 4) is 16.9 Å². The first-order valence-corrected chi connectivity index (χ1v) is 12.3. The number of piperazine rings is 1. The number of oxazole rings is 1. The van der Waals surface area contributed by atoms with Crippen molar-refractivity contribution in [1.82, 2.24) is 9.88 Å². The van der Waals surface area contributed by atoms with E-state index in [1.54, 1.807) is 12.1 Å². The smallest absolute Gasteiger partial charge is 0.406 e. The first-order valence-electron chi connectivity index (χ1n) is 11.0. The minimum atomic E-state index is -4.71. The third-order valence-corrected chi connectivity index (χ3v) is 6.10. The number of hydrogen-bond donors (Lipinski definition) is 2. The van der Waals surface area contributed by atoms with Gasteiger partial charge in [-0.05, 0) is 51.4 Å². The van der Waals surface area contributed by atoms with Gasteiger partial charge in [0, 0.05) is 32.7 Å². The van der Waals surface area contributed by atoms with Crippen LogP contribution in [0.2, 0.25) is 0 Å². The molecule has 1 saturated heterocycles. The van der Waals surface area contributed by atoms with Crippen LogP contribution in [0, 0.1) is 0 Å². The average molecular weight is 498 g/mol. The van der Waals surface area contributed by atoms with Gasteiger partial charge in [-0.1, -0.05) is 36.4 Å². The fourth-order valence-corrected chi connectivity index (χ4v) is 4.44. The largest absolute Gasteiger partial charge is 0.432 e. The molecule has 0 amide bonds. The Labute approximate surface area is 201 Å². The monoisotopic (exact) mass is 497 g/mol. The van der Waals surface area contributed by atoms with Crippen molar-refractivity contribution in [3.05, 3.63) is 82.8 Å². The van der Waals surface area contributed by atoms with Crippen LogP contribution < -0.4 is 15.5 Å². The third kappa shape index (κ3) is 5.54. The Morgan fingerprint density at radius 1 is 0.943 bits per heavy atom. The van der Waals surface area contributed by atoms with Gasteiger partial charge < -0.3 is 14.2 Å². The summed E-state index contributed by atoms with van der Waals surface area (Å²) in [7, 11) is -4.71. The first-order chi connectivity index (χ1) is 16.8. The lowest BCUT2D eigenvalue weighted by atomic mass is 10.0. The van der Waals surface area contributed by atoms with Crippen LogP contribution in [0.4, 0.5) is 5.69 Å². The van der Waals surface area contributed by atoms with Gasteiger partial charge in [-0.25, -0.2) is 4.79 Å². The molecule has 2 N–H and O–H groups in total. The van der Waals surface area contributed by atoms with E-state index in [9.17, 15) is 13.2 Å². The van der Waals surface area contributed by atoms with Gasteiger partial charge in [0.1, 0.15) is 0 Å². The molecular formula is C24H23N3O7S. The molecule has 5 rings (SSSR count). The Hall–Kier alpha value is -3.64. The Morgan fingerprint density at radius 2 is 1.66 bits per heavy atom. The summed E-state index contributed by atoms with van der Waals surface area (Å²) in [6.07, 6.45) is 0. The van der Waals surface area contributed by atoms with E-state index in [2.05, 4.69) is 36.1 Å². The first kappa shape index (κ1) is 23.1. The second-order valence-electron chi connectivity index (χ2n) is 8.24. The summed E-state index contributed by atoms with van der Waals surface area (Å²) in [6.45, 7) is 4.09. The zero-order valence-electron chi connectivity index (χ0n) is 18.6. The molecule has 1 aromatic heterocycles. The lowest BCUT2D eigenvalue weighted by molar-refractivity contribution is -0.102. The molecule has 2 heterocycles. The molecule has 10 nitrogen and oxygen atoms in total. The zero-order chi connectivity index (χ0) is 24.4. The van der Waals surface area contributed by atoms with Crippen LogP contribution >= 0.6 is 0 Å². The topological polar surface area (TPSA) is 125 Å². The lowest BCUT2D eigenvalue weighted by Crippen LogP contribution is -2.46. The summed E-state index contributed by atoms with van der Waals surface area (Å²) < 4.78 is 39.5. The number of nitrogens with one attached hydrogen (secondary N) is 1. The molecule has 0 saturated carbocycles. The number of anilines is 1. The number of H-pyrrole nitrogens is 1. The van der Waals surface area contributed by atoms with Gasteiger partial charge in [0.25, 0.3) is 0 Å². The molecule has 11 heteroatoms. The lowest BCUT2D eigenvalue weighted by Gasteiger charge is -2.36. The highest BCUT2D eigenvalue weighted by Gasteiger charge is 2.20. The Kier molecular flexibility index (Phi) is 6.31. The zero-order valence-corrected chi connectivity index (χ0v) is 19.4. The van der Waals surface area contributed by atoms with Gasteiger partial charge in [-0.3, -0.25) is 14.4 Å². The maximum absolute atomic E-state index is 11.6. The molecule has 0 aliphatic carbocycles. The van der Waals surface area contributed by atoms with Gasteiger partial charge in [-0.15, -0.1) is 0 Å². The maximum Gasteiger partial charge on any atom is 0.432 e. The van der Waals surface area contributed by atoms with E-state index >= 15 is 0 Å². The van der Waals surface area contributed by atoms with Crippen molar-refractivity contribution in [2.24, 2.45) is 0 Å². The minimum absolute atomic E-state index is 0.148. The molecule has 1 fully saturated rings. The number of nitrogens with zero attached hydrogens (tertiary/aromatic N) is 2. The molecular weight excluding hydrogens is 474 g/mol. The van der Waals surface area contributed by atoms with E-state index in [4.69, 9.17) is 8.97 Å². The maximum atomic E-state index is 11.6. The SMILES string of the molecule is O=c1[nH]c2cccc(N3CCN(Cc4cccc(-c5cccc(OOS(=O)(=O)O)c5)c4)CC3)c2o1. The highest BCUT2D eigenvalue weighted by molar-refractivity contribution is 7.80. The van der Waals surface area contributed by atoms with Crippen molar-refractivity contribution < 1.29 is 26.6 Å². The van der Waals surface area contributed by atoms with Crippen molar-refractivity contribution in [2.45, 2.75) is 6.54 Å². The van der Waals surface area contributed by atoms with Gasteiger partial charge >= 0.3 is 16.2 Å². The molecule has 0 atom stereocenters. The number of hydrogen-bond acceptors (Lipinski definition) is 8. The molecule has 1 aliphatic rings. The summed E-state index contributed by atoms with van der Waals surface area (Å²) in [6, 6.07) is 20.5. The fourth-order valence-electron chi connectivity index (χ4n) is 4.27. The molecule has 182 valence electrons. The predicted octanol–water partition coefficient (Wildman–Crippen LogP) is 3.22. The quantitative estimate of drug-likeness (QED) is 0.225. The van der Waals surface area contributed by atoms with Gasteiger partial charge in [0.05, 0.1) is 11.2 Å². The third-order valence-electron chi connectivity index (χ3n) is 5.86. The highest BCUT2D eigenvalue weighted by Crippen LogP contribution is 2.28. The summed E-state index contributed by atoms with van der Waals surface area (Å²) >= 11 is 0. The van der Waals surface area contributed by atoms with Gasteiger partial charge in [0.15, 0.2) is 11.3 Å². The molecule has 0 bridgehead atoms. The van der Waals surface area contributed by atoms with Crippen LogP contribution in [0.1, 0.15) is 5.56 Å². The summed E-state index contributed by atoms with van der Waals surface area (Å²) in [5.41, 5.74) is 5.09. The number of aromatic amines is 1. The predicted molar refractivity (Wildman–Crippen MR) is 129 cm³/mol. The van der Waals surface area contributed by atoms with Crippen LogP contribution in [0.3, 0.4) is 0 Å². The molecule has 0 spiro atoms. The number of fused-ring (bicyclic) bond motifs is 1. The standard InChI is InChI=1S/C24H23N3O7S/c28-24-25-21-8-3-9-22(23(21)32-24)27-12-10-26(11-13-27)16-17-4-1-5-18(14-17)19-6-2-7-20(15-19)33-34-35(29,30)31/h1-9,14-15H,10-13,16H2,(H,25,28)(H,29,30,31). The molecule has 0 radical (unpaired) electrons. The number of para-hydroxylation sites is 1. The van der Waals surface area contributed by atoms with Crippen LogP contribution in [0.25, 0.3) is 22.2 Å². The second kappa shape index (κ2) is 9.55. The van der Waals surface area contributed by atoms with E-state index in [-0.39, 0.29) is 5.75 Å². The number of rotatable bonds is 7. The molecule has 4 aromatic rings. The van der Waals surface area contributed by atoms with Gasteiger partial charge in [-0.2, -0.15) is 8.42 Å².